The fraction of sp³-hybridized carbons (Fsp3) is 0.306. The Labute approximate surface area is 322 Å². The summed E-state index contributed by atoms with van der Waals surface area (Å²) in [7, 11) is 4.02. The first kappa shape index (κ1) is 40.8. The van der Waals surface area contributed by atoms with Crippen molar-refractivity contribution in [2.75, 3.05) is 45.1 Å². The standard InChI is InChI=1S/C36H36ClF3N8O8/c1-53-26-13-4-20(16-27(26)54-2)17-41-29(50)30(51)42-18-25(31(52)55-3)44-28(49)21-5-11-24(12-6-21)43-32-45-33(47-34(46-32)56-19-36(38,39)40)48-35(14-15-35)22-7-9-23(37)10-8-22/h4-13,16,25H,14-15,17-19H2,1-3H3,(H,41,50)(H,42,51)(H,44,49)(H2,43,45,46,47,48)/t25-/m0/s1. The zero-order chi connectivity index (χ0) is 40.5. The van der Waals surface area contributed by atoms with E-state index in [-0.39, 0.29) is 24.0 Å². The van der Waals surface area contributed by atoms with Gasteiger partial charge in [0.2, 0.25) is 11.9 Å². The fourth-order valence-corrected chi connectivity index (χ4v) is 5.34. The molecule has 16 nitrogen and oxygen atoms in total. The van der Waals surface area contributed by atoms with Crippen LogP contribution in [-0.2, 0) is 31.2 Å². The van der Waals surface area contributed by atoms with E-state index in [0.29, 0.717) is 40.6 Å². The number of carbonyl (C=O) groups excluding carboxylic acids is 4. The quantitative estimate of drug-likeness (QED) is 0.0804. The Hall–Kier alpha value is -6.37. The number of methoxy groups -OCH3 is 3. The number of hydrogen-bond donors (Lipinski definition) is 5. The first-order valence-electron chi connectivity index (χ1n) is 16.7. The first-order valence-corrected chi connectivity index (χ1v) is 17.1. The highest BCUT2D eigenvalue weighted by Gasteiger charge is 2.45. The third kappa shape index (κ3) is 11.1. The lowest BCUT2D eigenvalue weighted by molar-refractivity contribution is -0.154. The van der Waals surface area contributed by atoms with E-state index in [2.05, 4.69) is 41.5 Å². The number of nitrogens with zero attached hydrogens (tertiary/aromatic N) is 3. The van der Waals surface area contributed by atoms with Crippen LogP contribution in [0.2, 0.25) is 5.02 Å². The van der Waals surface area contributed by atoms with Crippen molar-refractivity contribution in [1.29, 1.82) is 0 Å². The van der Waals surface area contributed by atoms with E-state index < -0.39 is 60.6 Å². The maximum Gasteiger partial charge on any atom is 0.422 e. The molecule has 0 bridgehead atoms. The van der Waals surface area contributed by atoms with Gasteiger partial charge in [-0.3, -0.25) is 14.4 Å². The summed E-state index contributed by atoms with van der Waals surface area (Å²) in [5.74, 6) is -2.97. The van der Waals surface area contributed by atoms with Crippen molar-refractivity contribution in [3.8, 4) is 17.5 Å². The summed E-state index contributed by atoms with van der Waals surface area (Å²) in [5.41, 5.74) is 1.35. The lowest BCUT2D eigenvalue weighted by atomic mass is 10.1. The van der Waals surface area contributed by atoms with Gasteiger partial charge < -0.3 is 45.5 Å². The monoisotopic (exact) mass is 800 g/mol. The Kier molecular flexibility index (Phi) is 13.0. The molecule has 56 heavy (non-hydrogen) atoms. The van der Waals surface area contributed by atoms with Gasteiger partial charge in [0.15, 0.2) is 18.1 Å². The summed E-state index contributed by atoms with van der Waals surface area (Å²) in [6, 6.07) is 15.8. The first-order chi connectivity index (χ1) is 26.7. The van der Waals surface area contributed by atoms with Crippen molar-refractivity contribution >= 4 is 52.9 Å². The molecule has 0 radical (unpaired) electrons. The van der Waals surface area contributed by atoms with Gasteiger partial charge in [-0.05, 0) is 72.5 Å². The highest BCUT2D eigenvalue weighted by Crippen LogP contribution is 2.48. The van der Waals surface area contributed by atoms with E-state index in [1.165, 1.54) is 38.5 Å². The predicted octanol–water partition coefficient (Wildman–Crippen LogP) is 4.03. The summed E-state index contributed by atoms with van der Waals surface area (Å²) in [6.45, 7) is -2.13. The fourth-order valence-electron chi connectivity index (χ4n) is 5.21. The molecule has 1 saturated carbocycles. The molecule has 1 aromatic heterocycles. The number of carbonyl (C=O) groups is 4. The molecule has 1 aliphatic carbocycles. The van der Waals surface area contributed by atoms with Gasteiger partial charge in [-0.2, -0.15) is 28.1 Å². The van der Waals surface area contributed by atoms with Crippen molar-refractivity contribution in [2.45, 2.75) is 37.1 Å². The van der Waals surface area contributed by atoms with Crippen molar-refractivity contribution in [2.24, 2.45) is 0 Å². The molecule has 0 spiro atoms. The SMILES string of the molecule is COC(=O)[C@H](CNC(=O)C(=O)NCc1ccc(OC)c(OC)c1)NC(=O)c1ccc(Nc2nc(NC3(c4ccc(Cl)cc4)CC3)nc(OCC(F)(F)F)n2)cc1. The van der Waals surface area contributed by atoms with Crippen LogP contribution in [0, 0.1) is 0 Å². The minimum Gasteiger partial charge on any atom is -0.493 e. The number of alkyl halides is 3. The molecule has 20 heteroatoms. The summed E-state index contributed by atoms with van der Waals surface area (Å²) in [4.78, 5) is 62.8. The topological polar surface area (TPSA) is 204 Å². The number of hydrogen-bond acceptors (Lipinski definition) is 13. The number of halogens is 4. The molecule has 5 N–H and O–H groups in total. The summed E-state index contributed by atoms with van der Waals surface area (Å²) in [5, 5.41) is 13.8. The lowest BCUT2D eigenvalue weighted by Gasteiger charge is -2.19. The molecule has 1 heterocycles. The predicted molar refractivity (Wildman–Crippen MR) is 195 cm³/mol. The number of amides is 3. The number of benzene rings is 3. The van der Waals surface area contributed by atoms with Gasteiger partial charge in [0.25, 0.3) is 5.91 Å². The molecule has 296 valence electrons. The Bertz CT molecular complexity index is 2050. The van der Waals surface area contributed by atoms with Crippen LogP contribution >= 0.6 is 11.6 Å². The maximum atomic E-state index is 13.1. The minimum absolute atomic E-state index is 0.0159. The molecule has 0 unspecified atom stereocenters. The number of esters is 1. The molecule has 1 atom stereocenters. The summed E-state index contributed by atoms with van der Waals surface area (Å²) in [6.07, 6.45) is -3.25. The Balaban J connectivity index is 1.20. The van der Waals surface area contributed by atoms with Gasteiger partial charge in [0.1, 0.15) is 6.04 Å². The van der Waals surface area contributed by atoms with Crippen LogP contribution in [-0.4, -0.2) is 85.3 Å². The lowest BCUT2D eigenvalue weighted by Crippen LogP contribution is -2.51. The van der Waals surface area contributed by atoms with Crippen molar-refractivity contribution < 1.29 is 51.3 Å². The number of nitrogens with one attached hydrogen (secondary N) is 5. The minimum atomic E-state index is -4.65. The van der Waals surface area contributed by atoms with E-state index in [1.54, 1.807) is 30.3 Å². The van der Waals surface area contributed by atoms with Gasteiger partial charge >= 0.3 is 30.0 Å². The zero-order valence-corrected chi connectivity index (χ0v) is 30.8. The number of aromatic nitrogens is 3. The second kappa shape index (κ2) is 17.8. The Morgan fingerprint density at radius 3 is 2.12 bits per heavy atom. The highest BCUT2D eigenvalue weighted by molar-refractivity contribution is 6.35. The molecule has 1 aliphatic rings. The van der Waals surface area contributed by atoms with Gasteiger partial charge in [0, 0.05) is 29.4 Å². The van der Waals surface area contributed by atoms with E-state index in [0.717, 1.165) is 12.7 Å². The molecule has 0 aliphatic heterocycles. The third-order valence-corrected chi connectivity index (χ3v) is 8.50. The summed E-state index contributed by atoms with van der Waals surface area (Å²) >= 11 is 6.03. The molecule has 3 aromatic carbocycles. The smallest absolute Gasteiger partial charge is 0.422 e. The van der Waals surface area contributed by atoms with Crippen molar-refractivity contribution in [3.05, 3.63) is 88.4 Å². The van der Waals surface area contributed by atoms with Crippen LogP contribution in [0.25, 0.3) is 0 Å². The Morgan fingerprint density at radius 2 is 1.50 bits per heavy atom. The largest absolute Gasteiger partial charge is 0.493 e. The van der Waals surface area contributed by atoms with Crippen LogP contribution in [0.15, 0.2) is 66.7 Å². The Morgan fingerprint density at radius 1 is 0.839 bits per heavy atom. The van der Waals surface area contributed by atoms with E-state index in [4.69, 9.17) is 30.5 Å². The number of rotatable bonds is 16. The molecule has 1 fully saturated rings. The van der Waals surface area contributed by atoms with E-state index in [1.807, 2.05) is 12.1 Å². The van der Waals surface area contributed by atoms with Crippen LogP contribution in [0.4, 0.5) is 30.8 Å². The molecule has 5 rings (SSSR count). The van der Waals surface area contributed by atoms with Gasteiger partial charge in [-0.1, -0.05) is 29.8 Å². The average molecular weight is 801 g/mol. The zero-order valence-electron chi connectivity index (χ0n) is 30.1. The third-order valence-electron chi connectivity index (χ3n) is 8.25. The van der Waals surface area contributed by atoms with Crippen LogP contribution in [0.3, 0.4) is 0 Å². The second-order valence-electron chi connectivity index (χ2n) is 12.2. The van der Waals surface area contributed by atoms with Gasteiger partial charge in [0.05, 0.1) is 26.9 Å². The maximum absolute atomic E-state index is 13.1. The highest BCUT2D eigenvalue weighted by atomic mass is 35.5. The van der Waals surface area contributed by atoms with Crippen LogP contribution < -0.4 is 40.8 Å². The van der Waals surface area contributed by atoms with Crippen molar-refractivity contribution in [1.82, 2.24) is 30.9 Å². The van der Waals surface area contributed by atoms with E-state index >= 15 is 0 Å². The van der Waals surface area contributed by atoms with Gasteiger partial charge in [-0.15, -0.1) is 0 Å². The number of anilines is 3. The van der Waals surface area contributed by atoms with Gasteiger partial charge in [-0.25, -0.2) is 4.79 Å². The van der Waals surface area contributed by atoms with E-state index in [9.17, 15) is 32.3 Å². The molecule has 4 aromatic rings. The number of ether oxygens (including phenoxy) is 4. The van der Waals surface area contributed by atoms with Crippen LogP contribution in [0.5, 0.6) is 17.5 Å². The van der Waals surface area contributed by atoms with Crippen LogP contribution in [0.1, 0.15) is 34.3 Å². The molecule has 3 amide bonds. The second-order valence-corrected chi connectivity index (χ2v) is 12.7. The summed E-state index contributed by atoms with van der Waals surface area (Å²) < 4.78 is 58.9. The molecular formula is C36H36ClF3N8O8. The normalized spacial score (nSPS) is 13.3. The molecular weight excluding hydrogens is 765 g/mol. The molecule has 0 saturated heterocycles. The average Bonchev–Trinajstić information content (AvgIpc) is 3.97. The van der Waals surface area contributed by atoms with Crippen molar-refractivity contribution in [3.63, 3.8) is 0 Å².